The summed E-state index contributed by atoms with van der Waals surface area (Å²) in [7, 11) is 0. The Balaban J connectivity index is 1.32. The van der Waals surface area contributed by atoms with E-state index in [0.717, 1.165) is 55.4 Å². The quantitative estimate of drug-likeness (QED) is 0.680. The van der Waals surface area contributed by atoms with Crippen molar-refractivity contribution < 1.29 is 4.79 Å². The molecular formula is C21H25N5OS. The number of aromatic nitrogens is 3. The second-order valence-electron chi connectivity index (χ2n) is 7.79. The molecule has 1 atom stereocenters. The van der Waals surface area contributed by atoms with Crippen LogP contribution in [0, 0.1) is 0 Å². The van der Waals surface area contributed by atoms with Crippen LogP contribution in [0.25, 0.3) is 5.65 Å². The number of carbonyl (C=O) groups excluding carboxylic acids is 1. The van der Waals surface area contributed by atoms with Crippen LogP contribution in [0.2, 0.25) is 0 Å². The number of thiophene rings is 1. The predicted octanol–water partition coefficient (Wildman–Crippen LogP) is 3.34. The number of hydrogen-bond acceptors (Lipinski definition) is 5. The first-order valence-electron chi connectivity index (χ1n) is 10.2. The minimum Gasteiger partial charge on any atom is -0.370 e. The zero-order valence-electron chi connectivity index (χ0n) is 16.0. The topological polar surface area (TPSA) is 53.7 Å². The van der Waals surface area contributed by atoms with E-state index in [-0.39, 0.29) is 11.8 Å². The molecule has 2 aliphatic rings. The molecule has 2 fully saturated rings. The highest BCUT2D eigenvalue weighted by molar-refractivity contribution is 7.10. The summed E-state index contributed by atoms with van der Waals surface area (Å²) < 4.78 is 1.91. The standard InChI is InChI=1S/C21H25N5OS/c27-20(13-18-6-4-12-28-18)25-11-3-5-16(14-25)21-22-19-8-7-17(15-26(19)23-21)24-9-1-2-10-24/h4,6-8,12,15-16H,1-3,5,9-11,13-14H2/t16-/m1/s1. The molecule has 6 nitrogen and oxygen atoms in total. The van der Waals surface area contributed by atoms with Crippen LogP contribution >= 0.6 is 11.3 Å². The first kappa shape index (κ1) is 17.7. The van der Waals surface area contributed by atoms with E-state index < -0.39 is 0 Å². The van der Waals surface area contributed by atoms with Crippen LogP contribution in [0.5, 0.6) is 0 Å². The predicted molar refractivity (Wildman–Crippen MR) is 111 cm³/mol. The summed E-state index contributed by atoms with van der Waals surface area (Å²) in [6.07, 6.45) is 7.17. The Labute approximate surface area is 168 Å². The maximum absolute atomic E-state index is 12.7. The number of piperidine rings is 1. The lowest BCUT2D eigenvalue weighted by atomic mass is 9.97. The van der Waals surface area contributed by atoms with Gasteiger partial charge >= 0.3 is 0 Å². The lowest BCUT2D eigenvalue weighted by Gasteiger charge is -2.31. The molecule has 5 heterocycles. The van der Waals surface area contributed by atoms with Crippen LogP contribution in [-0.2, 0) is 11.2 Å². The zero-order valence-corrected chi connectivity index (χ0v) is 16.8. The average molecular weight is 396 g/mol. The highest BCUT2D eigenvalue weighted by atomic mass is 32.1. The summed E-state index contributed by atoms with van der Waals surface area (Å²) in [5.41, 5.74) is 2.11. The second-order valence-corrected chi connectivity index (χ2v) is 8.82. The van der Waals surface area contributed by atoms with Gasteiger partial charge in [-0.25, -0.2) is 9.50 Å². The van der Waals surface area contributed by atoms with Crippen LogP contribution in [0.4, 0.5) is 5.69 Å². The number of pyridine rings is 1. The normalized spacial score (nSPS) is 20.2. The number of carbonyl (C=O) groups is 1. The molecule has 2 saturated heterocycles. The highest BCUT2D eigenvalue weighted by Gasteiger charge is 2.27. The first-order valence-corrected chi connectivity index (χ1v) is 11.1. The van der Waals surface area contributed by atoms with Crippen LogP contribution in [0.3, 0.4) is 0 Å². The molecule has 1 amide bonds. The summed E-state index contributed by atoms with van der Waals surface area (Å²) in [6.45, 7) is 3.81. The Kier molecular flexibility index (Phi) is 4.76. The molecule has 2 aliphatic heterocycles. The van der Waals surface area contributed by atoms with Crippen LogP contribution in [-0.4, -0.2) is 51.6 Å². The van der Waals surface area contributed by atoms with Gasteiger partial charge in [0.1, 0.15) is 0 Å². The van der Waals surface area contributed by atoms with Crippen molar-refractivity contribution in [3.8, 4) is 0 Å². The lowest BCUT2D eigenvalue weighted by Crippen LogP contribution is -2.40. The molecule has 0 saturated carbocycles. The third-order valence-corrected chi connectivity index (χ3v) is 6.72. The van der Waals surface area contributed by atoms with Gasteiger partial charge in [-0.05, 0) is 49.3 Å². The van der Waals surface area contributed by atoms with Crippen LogP contribution in [0.1, 0.15) is 42.3 Å². The fraction of sp³-hybridized carbons (Fsp3) is 0.476. The molecule has 28 heavy (non-hydrogen) atoms. The van der Waals surface area contributed by atoms with Crippen molar-refractivity contribution >= 4 is 28.6 Å². The number of anilines is 1. The first-order chi connectivity index (χ1) is 13.8. The van der Waals surface area contributed by atoms with Crippen molar-refractivity contribution in [2.75, 3.05) is 31.1 Å². The SMILES string of the molecule is O=C(Cc1cccs1)N1CCC[C@@H](c2nc3ccc(N4CCCC4)cn3n2)C1. The fourth-order valence-corrected chi connectivity index (χ4v) is 5.01. The largest absolute Gasteiger partial charge is 0.370 e. The Morgan fingerprint density at radius 1 is 1.14 bits per heavy atom. The van der Waals surface area contributed by atoms with Crippen LogP contribution < -0.4 is 4.90 Å². The van der Waals surface area contributed by atoms with E-state index in [2.05, 4.69) is 23.2 Å². The monoisotopic (exact) mass is 395 g/mol. The number of likely N-dealkylation sites (tertiary alicyclic amines) is 1. The number of rotatable bonds is 4. The zero-order chi connectivity index (χ0) is 18.9. The summed E-state index contributed by atoms with van der Waals surface area (Å²) >= 11 is 1.65. The van der Waals surface area contributed by atoms with E-state index in [1.54, 1.807) is 11.3 Å². The van der Waals surface area contributed by atoms with Gasteiger partial charge in [0.25, 0.3) is 0 Å². The summed E-state index contributed by atoms with van der Waals surface area (Å²) in [5, 5.41) is 6.81. The third-order valence-electron chi connectivity index (χ3n) is 5.85. The number of fused-ring (bicyclic) bond motifs is 1. The maximum Gasteiger partial charge on any atom is 0.227 e. The van der Waals surface area contributed by atoms with Gasteiger partial charge < -0.3 is 9.80 Å². The van der Waals surface area contributed by atoms with Crippen molar-refractivity contribution in [2.45, 2.75) is 38.0 Å². The van der Waals surface area contributed by atoms with Gasteiger partial charge in [-0.15, -0.1) is 11.3 Å². The van der Waals surface area contributed by atoms with E-state index in [9.17, 15) is 4.79 Å². The van der Waals surface area contributed by atoms with Crippen molar-refractivity contribution in [3.63, 3.8) is 0 Å². The van der Waals surface area contributed by atoms with Gasteiger partial charge in [0.05, 0.1) is 18.3 Å². The van der Waals surface area contributed by atoms with Crippen LogP contribution in [0.15, 0.2) is 35.8 Å². The minimum absolute atomic E-state index is 0.215. The summed E-state index contributed by atoms with van der Waals surface area (Å²) in [6, 6.07) is 8.25. The molecule has 0 radical (unpaired) electrons. The van der Waals surface area contributed by atoms with Crippen molar-refractivity contribution in [2.24, 2.45) is 0 Å². The van der Waals surface area contributed by atoms with Gasteiger partial charge in [-0.2, -0.15) is 5.10 Å². The van der Waals surface area contributed by atoms with E-state index in [0.29, 0.717) is 6.42 Å². The van der Waals surface area contributed by atoms with Gasteiger partial charge in [-0.1, -0.05) is 6.07 Å². The second kappa shape index (κ2) is 7.54. The number of hydrogen-bond donors (Lipinski definition) is 0. The van der Waals surface area contributed by atoms with E-state index >= 15 is 0 Å². The smallest absolute Gasteiger partial charge is 0.227 e. The molecule has 0 aromatic carbocycles. The Hall–Kier alpha value is -2.41. The average Bonchev–Trinajstić information content (AvgIpc) is 3.48. The fourth-order valence-electron chi connectivity index (χ4n) is 4.31. The molecule has 0 spiro atoms. The number of amides is 1. The Morgan fingerprint density at radius 3 is 2.86 bits per heavy atom. The highest BCUT2D eigenvalue weighted by Crippen LogP contribution is 2.27. The van der Waals surface area contributed by atoms with Crippen molar-refractivity contribution in [1.29, 1.82) is 0 Å². The lowest BCUT2D eigenvalue weighted by molar-refractivity contribution is -0.131. The molecule has 5 rings (SSSR count). The molecule has 3 aromatic rings. The van der Waals surface area contributed by atoms with Gasteiger partial charge in [-0.3, -0.25) is 4.79 Å². The Bertz CT molecular complexity index is 961. The number of nitrogens with zero attached hydrogens (tertiary/aromatic N) is 5. The Morgan fingerprint density at radius 2 is 2.04 bits per heavy atom. The molecular weight excluding hydrogens is 370 g/mol. The van der Waals surface area contributed by atoms with E-state index in [4.69, 9.17) is 10.1 Å². The summed E-state index contributed by atoms with van der Waals surface area (Å²) in [4.78, 5) is 23.0. The molecule has 3 aromatic heterocycles. The molecule has 0 N–H and O–H groups in total. The molecule has 7 heteroatoms. The van der Waals surface area contributed by atoms with Crippen molar-refractivity contribution in [3.05, 3.63) is 46.5 Å². The maximum atomic E-state index is 12.7. The molecule has 146 valence electrons. The summed E-state index contributed by atoms with van der Waals surface area (Å²) in [5.74, 6) is 1.30. The van der Waals surface area contributed by atoms with Gasteiger partial charge in [0, 0.05) is 37.0 Å². The third kappa shape index (κ3) is 3.51. The van der Waals surface area contributed by atoms with E-state index in [1.165, 1.54) is 18.5 Å². The van der Waals surface area contributed by atoms with Crippen molar-refractivity contribution in [1.82, 2.24) is 19.5 Å². The van der Waals surface area contributed by atoms with E-state index in [1.807, 2.05) is 26.9 Å². The minimum atomic E-state index is 0.215. The molecule has 0 aliphatic carbocycles. The van der Waals surface area contributed by atoms with Gasteiger partial charge in [0.2, 0.25) is 5.91 Å². The molecule has 0 unspecified atom stereocenters. The molecule has 0 bridgehead atoms. The van der Waals surface area contributed by atoms with Gasteiger partial charge in [0.15, 0.2) is 11.5 Å².